The highest BCUT2D eigenvalue weighted by Gasteiger charge is 2.27. The molecule has 5 heteroatoms. The third-order valence-electron chi connectivity index (χ3n) is 4.32. The van der Waals surface area contributed by atoms with Gasteiger partial charge in [0.1, 0.15) is 0 Å². The van der Waals surface area contributed by atoms with Crippen LogP contribution in [0.2, 0.25) is 0 Å². The van der Waals surface area contributed by atoms with Crippen LogP contribution in [-0.2, 0) is 0 Å². The summed E-state index contributed by atoms with van der Waals surface area (Å²) < 4.78 is 0. The number of amides is 1. The Morgan fingerprint density at radius 1 is 1.43 bits per heavy atom. The number of nitrogens with zero attached hydrogens (tertiary/aromatic N) is 2. The minimum absolute atomic E-state index is 0.0719. The van der Waals surface area contributed by atoms with Crippen molar-refractivity contribution in [3.8, 4) is 0 Å². The average molecular weight is 329 g/mol. The molecule has 1 aliphatic heterocycles. The first-order valence-electron chi connectivity index (χ1n) is 8.14. The van der Waals surface area contributed by atoms with Crippen molar-refractivity contribution >= 4 is 22.9 Å². The molecule has 0 radical (unpaired) electrons. The molecule has 0 aliphatic carbocycles. The second-order valence-electron chi connectivity index (χ2n) is 6.48. The summed E-state index contributed by atoms with van der Waals surface area (Å²) in [6, 6.07) is 7.23. The lowest BCUT2D eigenvalue weighted by atomic mass is 9.98. The number of benzene rings is 1. The van der Waals surface area contributed by atoms with Crippen molar-refractivity contribution in [1.82, 2.24) is 9.88 Å². The van der Waals surface area contributed by atoms with Gasteiger partial charge in [0, 0.05) is 35.6 Å². The van der Waals surface area contributed by atoms with Crippen molar-refractivity contribution in [1.29, 1.82) is 0 Å². The van der Waals surface area contributed by atoms with E-state index in [1.807, 2.05) is 17.0 Å². The van der Waals surface area contributed by atoms with Crippen LogP contribution < -0.4 is 5.73 Å². The van der Waals surface area contributed by atoms with E-state index in [9.17, 15) is 4.79 Å². The van der Waals surface area contributed by atoms with Crippen molar-refractivity contribution in [2.45, 2.75) is 38.5 Å². The molecule has 1 fully saturated rings. The number of piperidine rings is 1. The number of rotatable bonds is 3. The molecule has 2 aromatic rings. The molecule has 122 valence electrons. The number of hydrogen-bond acceptors (Lipinski definition) is 4. The van der Waals surface area contributed by atoms with Gasteiger partial charge in [-0.25, -0.2) is 4.98 Å². The highest BCUT2D eigenvalue weighted by molar-refractivity contribution is 7.09. The van der Waals surface area contributed by atoms with Gasteiger partial charge in [0.15, 0.2) is 0 Å². The fourth-order valence-electron chi connectivity index (χ4n) is 2.97. The van der Waals surface area contributed by atoms with E-state index < -0.39 is 0 Å². The Bertz CT molecular complexity index is 695. The van der Waals surface area contributed by atoms with Crippen LogP contribution >= 0.6 is 11.3 Å². The predicted molar refractivity (Wildman–Crippen MR) is 94.9 cm³/mol. The van der Waals surface area contributed by atoms with Crippen molar-refractivity contribution in [2.24, 2.45) is 0 Å². The number of hydrogen-bond donors (Lipinski definition) is 1. The predicted octanol–water partition coefficient (Wildman–Crippen LogP) is 3.87. The molecule has 3 rings (SSSR count). The Labute approximate surface area is 141 Å². The Morgan fingerprint density at radius 3 is 2.96 bits per heavy atom. The van der Waals surface area contributed by atoms with E-state index >= 15 is 0 Å². The maximum absolute atomic E-state index is 12.7. The molecule has 1 saturated heterocycles. The quantitative estimate of drug-likeness (QED) is 0.870. The first-order chi connectivity index (χ1) is 11.0. The van der Waals surface area contributed by atoms with Gasteiger partial charge in [-0.1, -0.05) is 19.9 Å². The molecule has 1 atom stereocenters. The van der Waals surface area contributed by atoms with Crippen molar-refractivity contribution in [3.05, 3.63) is 45.9 Å². The van der Waals surface area contributed by atoms with Gasteiger partial charge >= 0.3 is 0 Å². The Balaban J connectivity index is 1.73. The normalized spacial score (nSPS) is 18.4. The summed E-state index contributed by atoms with van der Waals surface area (Å²) in [6.07, 6.45) is 2.13. The van der Waals surface area contributed by atoms with Gasteiger partial charge in [0.05, 0.1) is 10.7 Å². The molecule has 0 spiro atoms. The third-order valence-corrected chi connectivity index (χ3v) is 5.35. The number of nitrogen functional groups attached to an aromatic ring is 1. The number of likely N-dealkylation sites (tertiary alicyclic amines) is 1. The zero-order chi connectivity index (χ0) is 16.4. The van der Waals surface area contributed by atoms with Crippen LogP contribution in [0, 0.1) is 0 Å². The fourth-order valence-corrected chi connectivity index (χ4v) is 4.08. The molecule has 1 amide bonds. The SMILES string of the molecule is CC(C)c1csc(C2CCCN(C(=O)c3cccc(N)c3)C2)n1. The van der Waals surface area contributed by atoms with E-state index in [0.717, 1.165) is 31.6 Å². The van der Waals surface area contributed by atoms with E-state index in [0.29, 0.717) is 23.1 Å². The first kappa shape index (κ1) is 16.0. The summed E-state index contributed by atoms with van der Waals surface area (Å²) >= 11 is 1.73. The molecule has 0 bridgehead atoms. The van der Waals surface area contributed by atoms with Crippen LogP contribution in [0.25, 0.3) is 0 Å². The maximum atomic E-state index is 12.7. The zero-order valence-corrected chi connectivity index (χ0v) is 14.5. The number of carbonyl (C=O) groups is 1. The van der Waals surface area contributed by atoms with Crippen LogP contribution in [0.3, 0.4) is 0 Å². The van der Waals surface area contributed by atoms with Crippen LogP contribution in [0.15, 0.2) is 29.6 Å². The van der Waals surface area contributed by atoms with Crippen molar-refractivity contribution in [3.63, 3.8) is 0 Å². The monoisotopic (exact) mass is 329 g/mol. The number of nitrogens with two attached hydrogens (primary N) is 1. The molecule has 2 N–H and O–H groups in total. The standard InChI is InChI=1S/C18H23N3OS/c1-12(2)16-11-23-17(20-16)14-6-4-8-21(10-14)18(22)13-5-3-7-15(19)9-13/h3,5,7,9,11-12,14H,4,6,8,10,19H2,1-2H3. The number of anilines is 1. The summed E-state index contributed by atoms with van der Waals surface area (Å²) in [6.45, 7) is 5.88. The molecule has 2 heterocycles. The lowest BCUT2D eigenvalue weighted by Crippen LogP contribution is -2.39. The molecule has 0 saturated carbocycles. The Kier molecular flexibility index (Phi) is 4.66. The number of aromatic nitrogens is 1. The molecule has 1 aromatic heterocycles. The molecular weight excluding hydrogens is 306 g/mol. The Hall–Kier alpha value is -1.88. The summed E-state index contributed by atoms with van der Waals surface area (Å²) in [4.78, 5) is 19.4. The minimum Gasteiger partial charge on any atom is -0.399 e. The lowest BCUT2D eigenvalue weighted by molar-refractivity contribution is 0.0707. The minimum atomic E-state index is 0.0719. The van der Waals surface area contributed by atoms with Gasteiger partial charge in [0.2, 0.25) is 0 Å². The number of carbonyl (C=O) groups excluding carboxylic acids is 1. The summed E-state index contributed by atoms with van der Waals surface area (Å²) in [5, 5.41) is 3.32. The van der Waals surface area contributed by atoms with Crippen molar-refractivity contribution in [2.75, 3.05) is 18.8 Å². The highest BCUT2D eigenvalue weighted by Crippen LogP contribution is 2.31. The zero-order valence-electron chi connectivity index (χ0n) is 13.7. The van der Waals surface area contributed by atoms with Gasteiger partial charge in [-0.15, -0.1) is 11.3 Å². The molecule has 4 nitrogen and oxygen atoms in total. The van der Waals surface area contributed by atoms with E-state index in [4.69, 9.17) is 10.7 Å². The lowest BCUT2D eigenvalue weighted by Gasteiger charge is -2.32. The van der Waals surface area contributed by atoms with Gasteiger partial charge in [0.25, 0.3) is 5.91 Å². The molecule has 1 unspecified atom stereocenters. The smallest absolute Gasteiger partial charge is 0.253 e. The van der Waals surface area contributed by atoms with E-state index in [1.165, 1.54) is 5.01 Å². The first-order valence-corrected chi connectivity index (χ1v) is 9.02. The summed E-state index contributed by atoms with van der Waals surface area (Å²) in [5.41, 5.74) is 8.26. The molecule has 1 aliphatic rings. The van der Waals surface area contributed by atoms with Gasteiger partial charge < -0.3 is 10.6 Å². The average Bonchev–Trinajstić information content (AvgIpc) is 3.04. The van der Waals surface area contributed by atoms with Gasteiger partial charge in [-0.2, -0.15) is 0 Å². The van der Waals surface area contributed by atoms with Crippen LogP contribution in [-0.4, -0.2) is 28.9 Å². The van der Waals surface area contributed by atoms with Crippen LogP contribution in [0.5, 0.6) is 0 Å². The third kappa shape index (κ3) is 3.55. The van der Waals surface area contributed by atoms with Gasteiger partial charge in [-0.3, -0.25) is 4.79 Å². The largest absolute Gasteiger partial charge is 0.399 e. The topological polar surface area (TPSA) is 59.2 Å². The Morgan fingerprint density at radius 2 is 2.26 bits per heavy atom. The summed E-state index contributed by atoms with van der Waals surface area (Å²) in [7, 11) is 0. The fraction of sp³-hybridized carbons (Fsp3) is 0.444. The van der Waals surface area contributed by atoms with E-state index in [2.05, 4.69) is 19.2 Å². The highest BCUT2D eigenvalue weighted by atomic mass is 32.1. The molecular formula is C18H23N3OS. The van der Waals surface area contributed by atoms with E-state index in [1.54, 1.807) is 23.5 Å². The van der Waals surface area contributed by atoms with Crippen molar-refractivity contribution < 1.29 is 4.79 Å². The van der Waals surface area contributed by atoms with E-state index in [-0.39, 0.29) is 5.91 Å². The second-order valence-corrected chi connectivity index (χ2v) is 7.37. The second kappa shape index (κ2) is 6.71. The van der Waals surface area contributed by atoms with Gasteiger partial charge in [-0.05, 0) is 37.0 Å². The van der Waals surface area contributed by atoms with Crippen LogP contribution in [0.4, 0.5) is 5.69 Å². The molecule has 23 heavy (non-hydrogen) atoms. The summed E-state index contributed by atoms with van der Waals surface area (Å²) in [5.74, 6) is 0.877. The number of thiazole rings is 1. The molecule has 1 aromatic carbocycles. The van der Waals surface area contributed by atoms with Crippen LogP contribution in [0.1, 0.15) is 59.6 Å². The maximum Gasteiger partial charge on any atom is 0.253 e.